The van der Waals surface area contributed by atoms with Crippen molar-refractivity contribution in [2.45, 2.75) is 26.7 Å². The number of hydrogen-bond acceptors (Lipinski definition) is 2. The van der Waals surface area contributed by atoms with E-state index in [1.165, 1.54) is 6.07 Å². The Bertz CT molecular complexity index is 453. The number of carbonyl (C=O) groups is 1. The highest BCUT2D eigenvalue weighted by molar-refractivity contribution is 6.36. The van der Waals surface area contributed by atoms with E-state index < -0.39 is 17.3 Å². The van der Waals surface area contributed by atoms with Gasteiger partial charge in [-0.1, -0.05) is 44.0 Å². The van der Waals surface area contributed by atoms with Crippen LogP contribution in [0.5, 0.6) is 0 Å². The van der Waals surface area contributed by atoms with E-state index >= 15 is 0 Å². The monoisotopic (exact) mass is 275 g/mol. The van der Waals surface area contributed by atoms with E-state index in [-0.39, 0.29) is 10.7 Å². The number of nitrogen functional groups attached to an aromatic ring is 1. The minimum atomic E-state index is -0.942. The fraction of sp³-hybridized carbons (Fsp3) is 0.417. The van der Waals surface area contributed by atoms with Gasteiger partial charge in [0, 0.05) is 5.02 Å². The Morgan fingerprint density at radius 2 is 1.88 bits per heavy atom. The van der Waals surface area contributed by atoms with Crippen molar-refractivity contribution in [3.63, 3.8) is 0 Å². The lowest BCUT2D eigenvalue weighted by atomic mass is 9.76. The summed E-state index contributed by atoms with van der Waals surface area (Å²) < 4.78 is 0. The van der Waals surface area contributed by atoms with E-state index in [0.29, 0.717) is 10.6 Å². The van der Waals surface area contributed by atoms with Gasteiger partial charge in [-0.05, 0) is 23.1 Å². The normalized spacial score (nSPS) is 13.5. The molecule has 0 saturated carbocycles. The van der Waals surface area contributed by atoms with Crippen molar-refractivity contribution in [1.82, 2.24) is 0 Å². The number of benzene rings is 1. The second-order valence-electron chi connectivity index (χ2n) is 5.03. The molecule has 1 unspecified atom stereocenters. The lowest BCUT2D eigenvalue weighted by molar-refractivity contribution is -0.141. The Morgan fingerprint density at radius 1 is 1.35 bits per heavy atom. The molecule has 0 heterocycles. The van der Waals surface area contributed by atoms with Crippen LogP contribution in [0.15, 0.2) is 12.1 Å². The molecule has 94 valence electrons. The molecule has 0 bridgehead atoms. The van der Waals surface area contributed by atoms with E-state index in [1.54, 1.807) is 6.07 Å². The zero-order valence-electron chi connectivity index (χ0n) is 9.92. The topological polar surface area (TPSA) is 63.3 Å². The smallest absolute Gasteiger partial charge is 0.311 e. The zero-order valence-corrected chi connectivity index (χ0v) is 11.4. The number of carboxylic acid groups (broad SMARTS) is 1. The number of nitrogens with two attached hydrogens (primary N) is 1. The molecule has 17 heavy (non-hydrogen) atoms. The molecule has 0 radical (unpaired) electrons. The average molecular weight is 276 g/mol. The fourth-order valence-electron chi connectivity index (χ4n) is 1.81. The maximum atomic E-state index is 11.4. The van der Waals surface area contributed by atoms with Gasteiger partial charge >= 0.3 is 5.97 Å². The number of anilines is 1. The van der Waals surface area contributed by atoms with E-state index in [9.17, 15) is 9.90 Å². The van der Waals surface area contributed by atoms with Gasteiger partial charge in [0.05, 0.1) is 16.6 Å². The first-order valence-electron chi connectivity index (χ1n) is 5.12. The molecule has 5 heteroatoms. The third-order valence-electron chi connectivity index (χ3n) is 2.55. The number of halogens is 2. The predicted molar refractivity (Wildman–Crippen MR) is 70.7 cm³/mol. The number of carboxylic acids is 1. The van der Waals surface area contributed by atoms with Crippen LogP contribution in [0.3, 0.4) is 0 Å². The zero-order chi connectivity index (χ0) is 13.4. The van der Waals surface area contributed by atoms with Crippen LogP contribution in [-0.2, 0) is 4.79 Å². The van der Waals surface area contributed by atoms with E-state index in [2.05, 4.69) is 0 Å². The summed E-state index contributed by atoms with van der Waals surface area (Å²) in [6.07, 6.45) is 0. The van der Waals surface area contributed by atoms with Crippen LogP contribution in [0.2, 0.25) is 10.0 Å². The van der Waals surface area contributed by atoms with Gasteiger partial charge in [-0.15, -0.1) is 0 Å². The summed E-state index contributed by atoms with van der Waals surface area (Å²) in [7, 11) is 0. The summed E-state index contributed by atoms with van der Waals surface area (Å²) >= 11 is 11.8. The van der Waals surface area contributed by atoms with E-state index in [0.717, 1.165) is 0 Å². The van der Waals surface area contributed by atoms with Crippen molar-refractivity contribution in [2.75, 3.05) is 5.73 Å². The summed E-state index contributed by atoms with van der Waals surface area (Å²) in [5.41, 5.74) is 6.09. The second kappa shape index (κ2) is 4.75. The fourth-order valence-corrected chi connectivity index (χ4v) is 2.32. The third kappa shape index (κ3) is 3.05. The van der Waals surface area contributed by atoms with Gasteiger partial charge < -0.3 is 10.8 Å². The van der Waals surface area contributed by atoms with E-state index in [1.807, 2.05) is 20.8 Å². The number of hydrogen-bond donors (Lipinski definition) is 2. The Kier molecular flexibility index (Phi) is 3.95. The summed E-state index contributed by atoms with van der Waals surface area (Å²) in [5.74, 6) is -1.69. The predicted octanol–water partition coefficient (Wildman–Crippen LogP) is 3.79. The first-order valence-corrected chi connectivity index (χ1v) is 5.87. The van der Waals surface area contributed by atoms with Gasteiger partial charge in [-0.3, -0.25) is 4.79 Å². The van der Waals surface area contributed by atoms with Gasteiger partial charge in [-0.25, -0.2) is 0 Å². The molecule has 1 rings (SSSR count). The SMILES string of the molecule is CC(C)(C)C(C(=O)O)c1cc(Cl)cc(Cl)c1N. The maximum Gasteiger partial charge on any atom is 0.311 e. The summed E-state index contributed by atoms with van der Waals surface area (Å²) in [5, 5.41) is 9.99. The van der Waals surface area contributed by atoms with Crippen LogP contribution in [0.1, 0.15) is 32.3 Å². The van der Waals surface area contributed by atoms with Crippen LogP contribution >= 0.6 is 23.2 Å². The molecule has 0 aliphatic rings. The molecular weight excluding hydrogens is 261 g/mol. The second-order valence-corrected chi connectivity index (χ2v) is 5.87. The van der Waals surface area contributed by atoms with Crippen molar-refractivity contribution >= 4 is 34.9 Å². The van der Waals surface area contributed by atoms with Crippen molar-refractivity contribution in [3.8, 4) is 0 Å². The molecule has 0 amide bonds. The lowest BCUT2D eigenvalue weighted by Gasteiger charge is -2.28. The molecule has 1 atom stereocenters. The highest BCUT2D eigenvalue weighted by Crippen LogP contribution is 2.41. The summed E-state index contributed by atoms with van der Waals surface area (Å²) in [6, 6.07) is 3.07. The van der Waals surface area contributed by atoms with Crippen LogP contribution < -0.4 is 5.73 Å². The van der Waals surface area contributed by atoms with Gasteiger partial charge in [0.15, 0.2) is 0 Å². The molecule has 0 saturated heterocycles. The Balaban J connectivity index is 3.44. The molecule has 1 aromatic rings. The molecule has 0 aliphatic carbocycles. The largest absolute Gasteiger partial charge is 0.481 e. The first kappa shape index (κ1) is 14.1. The summed E-state index contributed by atoms with van der Waals surface area (Å²) in [6.45, 7) is 5.50. The molecule has 0 fully saturated rings. The number of rotatable bonds is 2. The van der Waals surface area contributed by atoms with Gasteiger partial charge in [0.1, 0.15) is 0 Å². The van der Waals surface area contributed by atoms with Gasteiger partial charge in [0.25, 0.3) is 0 Å². The quantitative estimate of drug-likeness (QED) is 0.808. The molecule has 0 aromatic heterocycles. The molecule has 3 N–H and O–H groups in total. The Hall–Kier alpha value is -0.930. The number of aliphatic carboxylic acids is 1. The van der Waals surface area contributed by atoms with Crippen LogP contribution in [0.4, 0.5) is 5.69 Å². The van der Waals surface area contributed by atoms with Crippen molar-refractivity contribution < 1.29 is 9.90 Å². The molecule has 3 nitrogen and oxygen atoms in total. The van der Waals surface area contributed by atoms with Crippen molar-refractivity contribution in [2.24, 2.45) is 5.41 Å². The van der Waals surface area contributed by atoms with Gasteiger partial charge in [0.2, 0.25) is 0 Å². The molecule has 1 aromatic carbocycles. The average Bonchev–Trinajstić information content (AvgIpc) is 2.10. The van der Waals surface area contributed by atoms with Crippen LogP contribution in [0.25, 0.3) is 0 Å². The molecule has 0 aliphatic heterocycles. The highest BCUT2D eigenvalue weighted by Gasteiger charge is 2.34. The van der Waals surface area contributed by atoms with E-state index in [4.69, 9.17) is 28.9 Å². The standard InChI is InChI=1S/C12H15Cl2NO2/c1-12(2,3)9(11(16)17)7-4-6(13)5-8(14)10(7)15/h4-5,9H,15H2,1-3H3,(H,16,17). The van der Waals surface area contributed by atoms with Crippen LogP contribution in [0, 0.1) is 5.41 Å². The van der Waals surface area contributed by atoms with Gasteiger partial charge in [-0.2, -0.15) is 0 Å². The third-order valence-corrected chi connectivity index (χ3v) is 3.08. The maximum absolute atomic E-state index is 11.4. The summed E-state index contributed by atoms with van der Waals surface area (Å²) in [4.78, 5) is 11.4. The molecular formula is C12H15Cl2NO2. The minimum Gasteiger partial charge on any atom is -0.481 e. The Morgan fingerprint density at radius 3 is 2.29 bits per heavy atom. The molecule has 0 spiro atoms. The first-order chi connectivity index (χ1) is 7.64. The highest BCUT2D eigenvalue weighted by atomic mass is 35.5. The van der Waals surface area contributed by atoms with Crippen LogP contribution in [-0.4, -0.2) is 11.1 Å². The lowest BCUT2D eigenvalue weighted by Crippen LogP contribution is -2.27. The van der Waals surface area contributed by atoms with Crippen molar-refractivity contribution in [1.29, 1.82) is 0 Å². The minimum absolute atomic E-state index is 0.276. The Labute approximate surface area is 111 Å². The van der Waals surface area contributed by atoms with Crippen molar-refractivity contribution in [3.05, 3.63) is 27.7 Å².